The molecule has 140 valence electrons. The molecular formula is C19H13N3O6. The number of benzene rings is 2. The van der Waals surface area contributed by atoms with Crippen molar-refractivity contribution in [2.75, 3.05) is 0 Å². The normalized spacial score (nSPS) is 10.6. The Kier molecular flexibility index (Phi) is 5.56. The fourth-order valence-corrected chi connectivity index (χ4v) is 2.18. The summed E-state index contributed by atoms with van der Waals surface area (Å²) in [6.45, 7) is 0. The van der Waals surface area contributed by atoms with Gasteiger partial charge < -0.3 is 9.15 Å². The van der Waals surface area contributed by atoms with Gasteiger partial charge in [0.2, 0.25) is 5.76 Å². The van der Waals surface area contributed by atoms with Crippen molar-refractivity contribution in [2.24, 2.45) is 5.10 Å². The van der Waals surface area contributed by atoms with E-state index < -0.39 is 16.8 Å². The van der Waals surface area contributed by atoms with Crippen LogP contribution < -0.4 is 10.2 Å². The Morgan fingerprint density at radius 2 is 1.82 bits per heavy atom. The molecule has 0 saturated carbocycles. The fourth-order valence-electron chi connectivity index (χ4n) is 2.18. The highest BCUT2D eigenvalue weighted by atomic mass is 16.6. The molecular weight excluding hydrogens is 366 g/mol. The maximum Gasteiger partial charge on any atom is 0.379 e. The van der Waals surface area contributed by atoms with Crippen molar-refractivity contribution in [1.29, 1.82) is 0 Å². The quantitative estimate of drug-likeness (QED) is 0.231. The van der Waals surface area contributed by atoms with Crippen molar-refractivity contribution in [1.82, 2.24) is 5.43 Å². The number of hydrogen-bond donors (Lipinski definition) is 1. The molecule has 0 radical (unpaired) electrons. The van der Waals surface area contributed by atoms with Crippen LogP contribution in [0.15, 0.2) is 76.4 Å². The molecule has 9 nitrogen and oxygen atoms in total. The summed E-state index contributed by atoms with van der Waals surface area (Å²) in [6, 6.07) is 14.7. The number of nitrogens with zero attached hydrogens (tertiary/aromatic N) is 2. The van der Waals surface area contributed by atoms with Crippen LogP contribution in [0.4, 0.5) is 5.69 Å². The molecule has 0 aliphatic heterocycles. The van der Waals surface area contributed by atoms with Crippen molar-refractivity contribution in [2.45, 2.75) is 0 Å². The Hall–Kier alpha value is -4.27. The zero-order chi connectivity index (χ0) is 19.9. The monoisotopic (exact) mass is 379 g/mol. The number of para-hydroxylation sites is 1. The van der Waals surface area contributed by atoms with E-state index in [4.69, 9.17) is 9.15 Å². The zero-order valence-corrected chi connectivity index (χ0v) is 14.3. The van der Waals surface area contributed by atoms with Gasteiger partial charge in [-0.2, -0.15) is 5.10 Å². The first-order chi connectivity index (χ1) is 13.5. The molecule has 1 aromatic heterocycles. The molecule has 1 amide bonds. The molecule has 28 heavy (non-hydrogen) atoms. The number of nitrogens with one attached hydrogen (secondary N) is 1. The molecule has 3 rings (SSSR count). The highest BCUT2D eigenvalue weighted by Crippen LogP contribution is 2.18. The van der Waals surface area contributed by atoms with E-state index in [1.807, 2.05) is 0 Å². The largest absolute Gasteiger partial charge is 0.457 e. The second-order valence-corrected chi connectivity index (χ2v) is 5.41. The third kappa shape index (κ3) is 4.47. The second kappa shape index (κ2) is 8.41. The van der Waals surface area contributed by atoms with Crippen LogP contribution in [-0.2, 0) is 0 Å². The van der Waals surface area contributed by atoms with Gasteiger partial charge in [0, 0.05) is 23.3 Å². The maximum absolute atomic E-state index is 12.0. The number of nitro groups is 1. The van der Waals surface area contributed by atoms with E-state index in [2.05, 4.69) is 10.5 Å². The van der Waals surface area contributed by atoms with E-state index in [1.54, 1.807) is 30.3 Å². The SMILES string of the molecule is O=C(N/N=C/c1ccccc1OC(=O)c1ccco1)c1ccc([N+](=O)[O-])cc1. The first-order valence-corrected chi connectivity index (χ1v) is 7.97. The van der Waals surface area contributed by atoms with Crippen LogP contribution >= 0.6 is 0 Å². The lowest BCUT2D eigenvalue weighted by Gasteiger charge is -2.05. The van der Waals surface area contributed by atoms with Crippen LogP contribution in [0.2, 0.25) is 0 Å². The van der Waals surface area contributed by atoms with Gasteiger partial charge in [-0.25, -0.2) is 10.2 Å². The second-order valence-electron chi connectivity index (χ2n) is 5.41. The summed E-state index contributed by atoms with van der Waals surface area (Å²) in [7, 11) is 0. The number of amides is 1. The minimum atomic E-state index is -0.666. The average Bonchev–Trinajstić information content (AvgIpc) is 3.24. The predicted molar refractivity (Wildman–Crippen MR) is 98.3 cm³/mol. The third-order valence-corrected chi connectivity index (χ3v) is 3.55. The van der Waals surface area contributed by atoms with Crippen molar-refractivity contribution in [3.05, 3.63) is 93.9 Å². The molecule has 3 aromatic rings. The number of hydrogen-bond acceptors (Lipinski definition) is 7. The van der Waals surface area contributed by atoms with E-state index >= 15 is 0 Å². The number of hydrazone groups is 1. The number of ether oxygens (including phenoxy) is 1. The van der Waals surface area contributed by atoms with E-state index in [-0.39, 0.29) is 22.8 Å². The van der Waals surface area contributed by atoms with Crippen LogP contribution in [0.3, 0.4) is 0 Å². The van der Waals surface area contributed by atoms with Gasteiger partial charge in [-0.1, -0.05) is 12.1 Å². The minimum Gasteiger partial charge on any atom is -0.457 e. The minimum absolute atomic E-state index is 0.0539. The van der Waals surface area contributed by atoms with Crippen LogP contribution in [0, 0.1) is 10.1 Å². The lowest BCUT2D eigenvalue weighted by Crippen LogP contribution is -2.17. The first-order valence-electron chi connectivity index (χ1n) is 7.97. The van der Waals surface area contributed by atoms with Gasteiger partial charge in [-0.15, -0.1) is 0 Å². The van der Waals surface area contributed by atoms with E-state index in [0.717, 1.165) is 0 Å². The standard InChI is InChI=1S/C19H13N3O6/c23-18(13-7-9-15(10-8-13)22(25)26)21-20-12-14-4-1-2-5-16(14)28-19(24)17-6-3-11-27-17/h1-12H,(H,21,23)/b20-12+. The van der Waals surface area contributed by atoms with Crippen LogP contribution in [0.5, 0.6) is 5.75 Å². The topological polar surface area (TPSA) is 124 Å². The number of carbonyl (C=O) groups excluding carboxylic acids is 2. The Morgan fingerprint density at radius 1 is 1.07 bits per heavy atom. The van der Waals surface area contributed by atoms with Gasteiger partial charge in [0.25, 0.3) is 11.6 Å². The molecule has 1 N–H and O–H groups in total. The molecule has 0 atom stereocenters. The molecule has 0 spiro atoms. The molecule has 0 saturated heterocycles. The van der Waals surface area contributed by atoms with Gasteiger partial charge in [0.15, 0.2) is 0 Å². The number of nitro benzene ring substituents is 1. The third-order valence-electron chi connectivity index (χ3n) is 3.55. The lowest BCUT2D eigenvalue weighted by molar-refractivity contribution is -0.384. The molecule has 1 heterocycles. The van der Waals surface area contributed by atoms with Crippen LogP contribution in [0.1, 0.15) is 26.5 Å². The lowest BCUT2D eigenvalue weighted by atomic mass is 10.2. The summed E-state index contributed by atoms with van der Waals surface area (Å²) in [5.74, 6) is -0.924. The van der Waals surface area contributed by atoms with Crippen molar-refractivity contribution in [3.8, 4) is 5.75 Å². The molecule has 9 heteroatoms. The summed E-state index contributed by atoms with van der Waals surface area (Å²) < 4.78 is 10.3. The number of carbonyl (C=O) groups is 2. The van der Waals surface area contributed by atoms with Gasteiger partial charge in [-0.3, -0.25) is 14.9 Å². The summed E-state index contributed by atoms with van der Waals surface area (Å²) in [4.78, 5) is 34.1. The number of rotatable bonds is 6. The Bertz CT molecular complexity index is 1030. The van der Waals surface area contributed by atoms with Gasteiger partial charge in [-0.05, 0) is 36.4 Å². The summed E-state index contributed by atoms with van der Waals surface area (Å²) in [5, 5.41) is 14.5. The average molecular weight is 379 g/mol. The highest BCUT2D eigenvalue weighted by Gasteiger charge is 2.13. The van der Waals surface area contributed by atoms with Crippen molar-refractivity contribution >= 4 is 23.8 Å². The maximum atomic E-state index is 12.0. The smallest absolute Gasteiger partial charge is 0.379 e. The molecule has 0 bridgehead atoms. The van der Waals surface area contributed by atoms with E-state index in [0.29, 0.717) is 5.56 Å². The van der Waals surface area contributed by atoms with Crippen molar-refractivity contribution in [3.63, 3.8) is 0 Å². The van der Waals surface area contributed by atoms with Gasteiger partial charge in [0.05, 0.1) is 17.4 Å². The predicted octanol–water partition coefficient (Wildman–Crippen LogP) is 3.17. The Labute approximate surface area is 158 Å². The fraction of sp³-hybridized carbons (Fsp3) is 0. The van der Waals surface area contributed by atoms with E-state index in [9.17, 15) is 19.7 Å². The molecule has 0 unspecified atom stereocenters. The van der Waals surface area contributed by atoms with Crippen molar-refractivity contribution < 1.29 is 23.7 Å². The number of furan rings is 1. The molecule has 2 aromatic carbocycles. The van der Waals surface area contributed by atoms with Crippen LogP contribution in [-0.4, -0.2) is 23.0 Å². The molecule has 0 aliphatic carbocycles. The zero-order valence-electron chi connectivity index (χ0n) is 14.3. The number of esters is 1. The van der Waals surface area contributed by atoms with Crippen LogP contribution in [0.25, 0.3) is 0 Å². The summed E-state index contributed by atoms with van der Waals surface area (Å²) >= 11 is 0. The summed E-state index contributed by atoms with van der Waals surface area (Å²) in [6.07, 6.45) is 2.67. The molecule has 0 aliphatic rings. The highest BCUT2D eigenvalue weighted by molar-refractivity contribution is 5.95. The first kappa shape index (κ1) is 18.5. The molecule has 0 fully saturated rings. The Balaban J connectivity index is 1.66. The Morgan fingerprint density at radius 3 is 2.50 bits per heavy atom. The summed E-state index contributed by atoms with van der Waals surface area (Å²) in [5.41, 5.74) is 2.85. The van der Waals surface area contributed by atoms with Gasteiger partial charge in [0.1, 0.15) is 5.75 Å². The number of non-ortho nitro benzene ring substituents is 1. The van der Waals surface area contributed by atoms with Gasteiger partial charge >= 0.3 is 5.97 Å². The van der Waals surface area contributed by atoms with E-state index in [1.165, 1.54) is 42.8 Å².